The highest BCUT2D eigenvalue weighted by molar-refractivity contribution is 6.30. The van der Waals surface area contributed by atoms with E-state index in [4.69, 9.17) is 16.3 Å². The van der Waals surface area contributed by atoms with E-state index in [1.807, 2.05) is 0 Å². The number of hydrogen-bond donors (Lipinski definition) is 0. The lowest BCUT2D eigenvalue weighted by molar-refractivity contribution is -0.138. The van der Waals surface area contributed by atoms with E-state index in [9.17, 15) is 18.0 Å². The summed E-state index contributed by atoms with van der Waals surface area (Å²) in [6.45, 7) is 0. The second-order valence-electron chi connectivity index (χ2n) is 3.67. The number of aliphatic imine (C=N–C) groups is 1. The van der Waals surface area contributed by atoms with Crippen molar-refractivity contribution in [3.8, 4) is 11.8 Å². The molecule has 0 amide bonds. The van der Waals surface area contributed by atoms with Gasteiger partial charge < -0.3 is 4.74 Å². The minimum Gasteiger partial charge on any atom is -0.424 e. The number of isocyanates is 1. The minimum absolute atomic E-state index is 0.193. The van der Waals surface area contributed by atoms with Gasteiger partial charge in [-0.3, -0.25) is 0 Å². The Kier molecular flexibility index (Phi) is 4.21. The Bertz CT molecular complexity index is 698. The molecular formula is C12H5ClF3N3O2. The molecule has 0 N–H and O–H groups in total. The first-order chi connectivity index (χ1) is 9.90. The first kappa shape index (κ1) is 15.0. The van der Waals surface area contributed by atoms with E-state index < -0.39 is 17.5 Å². The summed E-state index contributed by atoms with van der Waals surface area (Å²) in [5.74, 6) is -0.519. The molecule has 0 radical (unpaired) electrons. The van der Waals surface area contributed by atoms with E-state index in [2.05, 4.69) is 15.0 Å². The molecule has 0 aliphatic carbocycles. The van der Waals surface area contributed by atoms with Crippen LogP contribution in [0.1, 0.15) is 5.56 Å². The lowest BCUT2D eigenvalue weighted by Gasteiger charge is -2.12. The molecule has 0 atom stereocenters. The van der Waals surface area contributed by atoms with Crippen LogP contribution in [0.25, 0.3) is 0 Å². The predicted molar refractivity (Wildman–Crippen MR) is 66.3 cm³/mol. The zero-order valence-electron chi connectivity index (χ0n) is 10.1. The third-order valence-corrected chi connectivity index (χ3v) is 2.44. The molecule has 0 saturated carbocycles. The van der Waals surface area contributed by atoms with Crippen molar-refractivity contribution in [2.45, 2.75) is 6.18 Å². The quantitative estimate of drug-likeness (QED) is 0.636. The fourth-order valence-corrected chi connectivity index (χ4v) is 1.50. The summed E-state index contributed by atoms with van der Waals surface area (Å²) in [5.41, 5.74) is -1.31. The summed E-state index contributed by atoms with van der Waals surface area (Å²) in [4.78, 5) is 20.5. The molecule has 108 valence electrons. The van der Waals surface area contributed by atoms with Crippen molar-refractivity contribution in [2.24, 2.45) is 4.99 Å². The summed E-state index contributed by atoms with van der Waals surface area (Å²) >= 11 is 5.56. The highest BCUT2D eigenvalue weighted by Crippen LogP contribution is 2.39. The van der Waals surface area contributed by atoms with Crippen molar-refractivity contribution < 1.29 is 22.7 Å². The van der Waals surface area contributed by atoms with Gasteiger partial charge in [-0.15, -0.1) is 0 Å². The lowest BCUT2D eigenvalue weighted by Crippen LogP contribution is -2.07. The number of rotatable bonds is 3. The van der Waals surface area contributed by atoms with Gasteiger partial charge in [-0.1, -0.05) is 11.6 Å². The highest BCUT2D eigenvalue weighted by Gasteiger charge is 2.35. The van der Waals surface area contributed by atoms with E-state index in [1.165, 1.54) is 24.5 Å². The molecule has 0 fully saturated rings. The zero-order valence-corrected chi connectivity index (χ0v) is 10.8. The molecule has 0 aliphatic heterocycles. The smallest absolute Gasteiger partial charge is 0.420 e. The predicted octanol–water partition coefficient (Wildman–Crippen LogP) is 3.91. The van der Waals surface area contributed by atoms with Gasteiger partial charge in [-0.05, 0) is 18.2 Å². The molecule has 2 rings (SSSR count). The molecule has 0 unspecified atom stereocenters. The van der Waals surface area contributed by atoms with Crippen LogP contribution in [-0.2, 0) is 11.0 Å². The zero-order chi connectivity index (χ0) is 15.5. The number of aromatic nitrogens is 2. The Morgan fingerprint density at radius 3 is 2.48 bits per heavy atom. The molecule has 0 aliphatic rings. The largest absolute Gasteiger partial charge is 0.424 e. The van der Waals surface area contributed by atoms with E-state index in [0.717, 1.165) is 6.07 Å². The van der Waals surface area contributed by atoms with Crippen LogP contribution in [0.5, 0.6) is 11.8 Å². The summed E-state index contributed by atoms with van der Waals surface area (Å²) < 4.78 is 43.8. The molecular weight excluding hydrogens is 311 g/mol. The van der Waals surface area contributed by atoms with Gasteiger partial charge in [-0.2, -0.15) is 18.2 Å². The van der Waals surface area contributed by atoms with Gasteiger partial charge in [0, 0.05) is 0 Å². The monoisotopic (exact) mass is 315 g/mol. The molecule has 1 aromatic heterocycles. The normalized spacial score (nSPS) is 10.9. The summed E-state index contributed by atoms with van der Waals surface area (Å²) in [6.07, 6.45) is -1.17. The Morgan fingerprint density at radius 1 is 1.24 bits per heavy atom. The first-order valence-electron chi connectivity index (χ1n) is 5.34. The van der Waals surface area contributed by atoms with Crippen molar-refractivity contribution in [3.63, 3.8) is 0 Å². The maximum Gasteiger partial charge on any atom is 0.420 e. The lowest BCUT2D eigenvalue weighted by atomic mass is 10.1. The standard InChI is InChI=1S/C12H5ClF3N3O2/c13-7-4-17-11(18-5-7)21-10-2-1-8(19-6-20)3-9(10)12(14,15)16/h1-5H. The Morgan fingerprint density at radius 2 is 1.90 bits per heavy atom. The average molecular weight is 316 g/mol. The highest BCUT2D eigenvalue weighted by atomic mass is 35.5. The number of alkyl halides is 3. The average Bonchev–Trinajstić information content (AvgIpc) is 2.42. The molecule has 0 saturated heterocycles. The van der Waals surface area contributed by atoms with Crippen LogP contribution < -0.4 is 4.74 Å². The molecule has 0 spiro atoms. The van der Waals surface area contributed by atoms with Gasteiger partial charge in [0.05, 0.1) is 23.1 Å². The SMILES string of the molecule is O=C=Nc1ccc(Oc2ncc(Cl)cn2)c(C(F)(F)F)c1. The van der Waals surface area contributed by atoms with Crippen molar-refractivity contribution in [1.82, 2.24) is 9.97 Å². The number of hydrogen-bond acceptors (Lipinski definition) is 5. The molecule has 1 aromatic carbocycles. The number of ether oxygens (including phenoxy) is 1. The van der Waals surface area contributed by atoms with Crippen LogP contribution in [0.3, 0.4) is 0 Å². The second kappa shape index (κ2) is 5.90. The topological polar surface area (TPSA) is 64.4 Å². The van der Waals surface area contributed by atoms with Crippen molar-refractivity contribution >= 4 is 23.4 Å². The van der Waals surface area contributed by atoms with Crippen LogP contribution in [-0.4, -0.2) is 16.0 Å². The fraction of sp³-hybridized carbons (Fsp3) is 0.0833. The van der Waals surface area contributed by atoms with E-state index in [0.29, 0.717) is 6.07 Å². The minimum atomic E-state index is -4.70. The number of carbonyl (C=O) groups excluding carboxylic acids is 1. The van der Waals surface area contributed by atoms with E-state index >= 15 is 0 Å². The molecule has 2 aromatic rings. The third-order valence-electron chi connectivity index (χ3n) is 2.24. The summed E-state index contributed by atoms with van der Waals surface area (Å²) in [5, 5.41) is 0.217. The van der Waals surface area contributed by atoms with Crippen molar-refractivity contribution in [3.05, 3.63) is 41.2 Å². The molecule has 21 heavy (non-hydrogen) atoms. The second-order valence-corrected chi connectivity index (χ2v) is 4.10. The van der Waals surface area contributed by atoms with Crippen LogP contribution in [0.15, 0.2) is 35.6 Å². The van der Waals surface area contributed by atoms with Gasteiger partial charge >= 0.3 is 12.2 Å². The van der Waals surface area contributed by atoms with Gasteiger partial charge in [-0.25, -0.2) is 14.8 Å². The van der Waals surface area contributed by atoms with Crippen LogP contribution in [0, 0.1) is 0 Å². The van der Waals surface area contributed by atoms with Gasteiger partial charge in [0.1, 0.15) is 11.3 Å². The first-order valence-corrected chi connectivity index (χ1v) is 5.72. The van der Waals surface area contributed by atoms with Gasteiger partial charge in [0.25, 0.3) is 0 Å². The van der Waals surface area contributed by atoms with Crippen molar-refractivity contribution in [1.29, 1.82) is 0 Å². The Labute approximate surface area is 121 Å². The van der Waals surface area contributed by atoms with Crippen LogP contribution in [0.2, 0.25) is 5.02 Å². The maximum absolute atomic E-state index is 13.0. The number of nitrogens with zero attached hydrogens (tertiary/aromatic N) is 3. The molecule has 9 heteroatoms. The van der Waals surface area contributed by atoms with Crippen LogP contribution in [0.4, 0.5) is 18.9 Å². The van der Waals surface area contributed by atoms with E-state index in [-0.39, 0.29) is 16.7 Å². The Hall–Kier alpha value is -2.44. The number of halogens is 4. The van der Waals surface area contributed by atoms with Crippen LogP contribution >= 0.6 is 11.6 Å². The Balaban J connectivity index is 2.42. The molecule has 5 nitrogen and oxygen atoms in total. The van der Waals surface area contributed by atoms with E-state index in [1.54, 1.807) is 0 Å². The maximum atomic E-state index is 13.0. The third kappa shape index (κ3) is 3.77. The molecule has 0 bridgehead atoms. The van der Waals surface area contributed by atoms with Gasteiger partial charge in [0.15, 0.2) is 0 Å². The molecule has 1 heterocycles. The fourth-order valence-electron chi connectivity index (χ4n) is 1.40. The summed E-state index contributed by atoms with van der Waals surface area (Å²) in [6, 6.07) is 2.55. The van der Waals surface area contributed by atoms with Gasteiger partial charge in [0.2, 0.25) is 6.08 Å². The van der Waals surface area contributed by atoms with Crippen molar-refractivity contribution in [2.75, 3.05) is 0 Å². The number of benzene rings is 1. The summed E-state index contributed by atoms with van der Waals surface area (Å²) in [7, 11) is 0.